The third kappa shape index (κ3) is 2.60. The summed E-state index contributed by atoms with van der Waals surface area (Å²) in [4.78, 5) is 4.15. The largest absolute Gasteiger partial charge is 0.493 e. The van der Waals surface area contributed by atoms with Gasteiger partial charge in [0.25, 0.3) is 0 Å². The first-order chi connectivity index (χ1) is 9.76. The number of methoxy groups -OCH3 is 1. The maximum atomic E-state index is 10.3. The fourth-order valence-corrected chi connectivity index (χ4v) is 2.41. The number of aromatic nitrogens is 1. The van der Waals surface area contributed by atoms with Crippen LogP contribution in [0.15, 0.2) is 36.5 Å². The molecule has 1 atom stereocenters. The van der Waals surface area contributed by atoms with Crippen molar-refractivity contribution < 1.29 is 14.6 Å². The summed E-state index contributed by atoms with van der Waals surface area (Å²) in [6.07, 6.45) is 2.66. The molecule has 4 heteroatoms. The van der Waals surface area contributed by atoms with Gasteiger partial charge in [-0.2, -0.15) is 0 Å². The van der Waals surface area contributed by atoms with Crippen molar-refractivity contribution in [3.8, 4) is 11.6 Å². The van der Waals surface area contributed by atoms with Crippen LogP contribution in [-0.4, -0.2) is 23.8 Å². The molecule has 0 radical (unpaired) electrons. The number of aliphatic hydroxyl groups excluding tert-OH is 1. The molecule has 1 unspecified atom stereocenters. The highest BCUT2D eigenvalue weighted by Crippen LogP contribution is 2.29. The molecule has 0 saturated heterocycles. The number of benzene rings is 1. The van der Waals surface area contributed by atoms with Crippen molar-refractivity contribution in [2.45, 2.75) is 18.9 Å². The number of ether oxygens (including phenoxy) is 2. The standard InChI is InChI=1S/C16H17NO3/c1-19-16-5-2-11(10-17-16)8-14(18)12-3-4-15-13(9-12)6-7-20-15/h2-5,9-10,14,18H,6-8H2,1H3. The predicted octanol–water partition coefficient (Wildman–Crippen LogP) is 2.30. The second-order valence-electron chi connectivity index (χ2n) is 4.89. The summed E-state index contributed by atoms with van der Waals surface area (Å²) in [7, 11) is 1.59. The Morgan fingerprint density at radius 3 is 3.00 bits per heavy atom. The molecule has 20 heavy (non-hydrogen) atoms. The van der Waals surface area contributed by atoms with Crippen molar-refractivity contribution in [2.75, 3.05) is 13.7 Å². The first-order valence-corrected chi connectivity index (χ1v) is 6.69. The average molecular weight is 271 g/mol. The van der Waals surface area contributed by atoms with Crippen molar-refractivity contribution in [2.24, 2.45) is 0 Å². The van der Waals surface area contributed by atoms with Crippen LogP contribution < -0.4 is 9.47 Å². The smallest absolute Gasteiger partial charge is 0.212 e. The predicted molar refractivity (Wildman–Crippen MR) is 75.1 cm³/mol. The van der Waals surface area contributed by atoms with E-state index in [9.17, 15) is 5.11 Å². The minimum absolute atomic E-state index is 0.531. The van der Waals surface area contributed by atoms with E-state index in [0.717, 1.165) is 29.9 Å². The SMILES string of the molecule is COc1ccc(CC(O)c2ccc3c(c2)CCO3)cn1. The minimum atomic E-state index is -0.531. The molecule has 3 rings (SSSR count). The summed E-state index contributed by atoms with van der Waals surface area (Å²) in [5.41, 5.74) is 3.08. The van der Waals surface area contributed by atoms with Crippen molar-refractivity contribution in [3.05, 3.63) is 53.2 Å². The second kappa shape index (κ2) is 5.51. The van der Waals surface area contributed by atoms with E-state index in [1.165, 1.54) is 5.56 Å². The molecule has 1 aliphatic rings. The molecule has 0 aliphatic carbocycles. The molecule has 1 aromatic heterocycles. The van der Waals surface area contributed by atoms with Crippen LogP contribution in [0.4, 0.5) is 0 Å². The van der Waals surface area contributed by atoms with Crippen molar-refractivity contribution in [1.82, 2.24) is 4.98 Å². The van der Waals surface area contributed by atoms with Crippen LogP contribution in [0.3, 0.4) is 0 Å². The molecule has 0 amide bonds. The van der Waals surface area contributed by atoms with Crippen LogP contribution in [0.25, 0.3) is 0 Å². The molecular formula is C16H17NO3. The third-order valence-corrected chi connectivity index (χ3v) is 3.53. The number of hydrogen-bond acceptors (Lipinski definition) is 4. The Morgan fingerprint density at radius 2 is 2.25 bits per heavy atom. The zero-order valence-corrected chi connectivity index (χ0v) is 11.4. The second-order valence-corrected chi connectivity index (χ2v) is 4.89. The Bertz CT molecular complexity index is 595. The van der Waals surface area contributed by atoms with Gasteiger partial charge in [0.1, 0.15) is 5.75 Å². The maximum Gasteiger partial charge on any atom is 0.212 e. The Balaban J connectivity index is 1.73. The third-order valence-electron chi connectivity index (χ3n) is 3.53. The summed E-state index contributed by atoms with van der Waals surface area (Å²) in [5.74, 6) is 1.52. The highest BCUT2D eigenvalue weighted by molar-refractivity contribution is 5.40. The number of pyridine rings is 1. The maximum absolute atomic E-state index is 10.3. The lowest BCUT2D eigenvalue weighted by Gasteiger charge is -2.12. The summed E-state index contributed by atoms with van der Waals surface area (Å²) >= 11 is 0. The highest BCUT2D eigenvalue weighted by atomic mass is 16.5. The molecule has 2 heterocycles. The number of fused-ring (bicyclic) bond motifs is 1. The topological polar surface area (TPSA) is 51.6 Å². The van der Waals surface area contributed by atoms with Gasteiger partial charge < -0.3 is 14.6 Å². The van der Waals surface area contributed by atoms with Gasteiger partial charge in [-0.05, 0) is 28.8 Å². The van der Waals surface area contributed by atoms with Gasteiger partial charge in [-0.3, -0.25) is 0 Å². The first-order valence-electron chi connectivity index (χ1n) is 6.69. The normalized spacial score (nSPS) is 14.5. The molecule has 2 aromatic rings. The van der Waals surface area contributed by atoms with E-state index < -0.39 is 6.10 Å². The Kier molecular flexibility index (Phi) is 3.56. The van der Waals surface area contributed by atoms with Crippen LogP contribution in [0.5, 0.6) is 11.6 Å². The quantitative estimate of drug-likeness (QED) is 0.927. The average Bonchev–Trinajstić information content (AvgIpc) is 2.95. The van der Waals surface area contributed by atoms with Gasteiger partial charge in [-0.1, -0.05) is 12.1 Å². The Hall–Kier alpha value is -2.07. The van der Waals surface area contributed by atoms with Crippen molar-refractivity contribution in [1.29, 1.82) is 0 Å². The van der Waals surface area contributed by atoms with E-state index in [1.807, 2.05) is 24.3 Å². The molecular weight excluding hydrogens is 254 g/mol. The highest BCUT2D eigenvalue weighted by Gasteiger charge is 2.15. The van der Waals surface area contributed by atoms with Gasteiger partial charge >= 0.3 is 0 Å². The van der Waals surface area contributed by atoms with E-state index in [0.29, 0.717) is 12.3 Å². The Morgan fingerprint density at radius 1 is 1.35 bits per heavy atom. The van der Waals surface area contributed by atoms with Gasteiger partial charge in [0.2, 0.25) is 5.88 Å². The van der Waals surface area contributed by atoms with Crippen LogP contribution in [0.2, 0.25) is 0 Å². The van der Waals surface area contributed by atoms with E-state index in [4.69, 9.17) is 9.47 Å². The summed E-state index contributed by atoms with van der Waals surface area (Å²) in [6.45, 7) is 0.733. The summed E-state index contributed by atoms with van der Waals surface area (Å²) < 4.78 is 10.5. The lowest BCUT2D eigenvalue weighted by molar-refractivity contribution is 0.178. The number of rotatable bonds is 4. The monoisotopic (exact) mass is 271 g/mol. The summed E-state index contributed by atoms with van der Waals surface area (Å²) in [5, 5.41) is 10.3. The van der Waals surface area contributed by atoms with Crippen LogP contribution in [-0.2, 0) is 12.8 Å². The van der Waals surface area contributed by atoms with E-state index in [2.05, 4.69) is 4.98 Å². The van der Waals surface area contributed by atoms with Gasteiger partial charge in [-0.25, -0.2) is 4.98 Å². The molecule has 0 saturated carbocycles. The van der Waals surface area contributed by atoms with Gasteiger partial charge in [0.15, 0.2) is 0 Å². The minimum Gasteiger partial charge on any atom is -0.493 e. The van der Waals surface area contributed by atoms with Crippen LogP contribution in [0, 0.1) is 0 Å². The fourth-order valence-electron chi connectivity index (χ4n) is 2.41. The van der Waals surface area contributed by atoms with Gasteiger partial charge in [0.05, 0.1) is 19.8 Å². The molecule has 4 nitrogen and oxygen atoms in total. The first kappa shape index (κ1) is 12.9. The van der Waals surface area contributed by atoms with Crippen LogP contribution in [0.1, 0.15) is 22.8 Å². The Labute approximate surface area is 118 Å². The zero-order chi connectivity index (χ0) is 13.9. The lowest BCUT2D eigenvalue weighted by Crippen LogP contribution is -2.03. The molecule has 104 valence electrons. The van der Waals surface area contributed by atoms with E-state index in [1.54, 1.807) is 19.4 Å². The molecule has 1 aromatic carbocycles. The number of aliphatic hydroxyl groups is 1. The lowest BCUT2D eigenvalue weighted by atomic mass is 10.00. The number of hydrogen-bond donors (Lipinski definition) is 1. The van der Waals surface area contributed by atoms with Gasteiger partial charge in [0, 0.05) is 25.1 Å². The zero-order valence-electron chi connectivity index (χ0n) is 11.4. The number of nitrogens with zero attached hydrogens (tertiary/aromatic N) is 1. The molecule has 0 spiro atoms. The van der Waals surface area contributed by atoms with Crippen molar-refractivity contribution in [3.63, 3.8) is 0 Å². The fraction of sp³-hybridized carbons (Fsp3) is 0.312. The van der Waals surface area contributed by atoms with E-state index >= 15 is 0 Å². The van der Waals surface area contributed by atoms with Crippen LogP contribution >= 0.6 is 0 Å². The van der Waals surface area contributed by atoms with E-state index in [-0.39, 0.29) is 0 Å². The van der Waals surface area contributed by atoms with Crippen molar-refractivity contribution >= 4 is 0 Å². The molecule has 0 fully saturated rings. The summed E-state index contributed by atoms with van der Waals surface area (Å²) in [6, 6.07) is 9.62. The molecule has 1 aliphatic heterocycles. The molecule has 0 bridgehead atoms. The van der Waals surface area contributed by atoms with Gasteiger partial charge in [-0.15, -0.1) is 0 Å². The molecule has 1 N–H and O–H groups in total.